The van der Waals surface area contributed by atoms with Gasteiger partial charge in [-0.15, -0.1) is 10.2 Å². The van der Waals surface area contributed by atoms with Crippen molar-refractivity contribution in [2.75, 3.05) is 0 Å². The molecule has 2 aromatic rings. The van der Waals surface area contributed by atoms with Gasteiger partial charge in [0.05, 0.1) is 11.4 Å². The van der Waals surface area contributed by atoms with Crippen LogP contribution in [0.2, 0.25) is 0 Å². The summed E-state index contributed by atoms with van der Waals surface area (Å²) in [6, 6.07) is 4.79. The highest BCUT2D eigenvalue weighted by Gasteiger charge is 2.18. The fourth-order valence-electron chi connectivity index (χ4n) is 1.19. The second-order valence-corrected chi connectivity index (χ2v) is 6.73. The zero-order valence-electron chi connectivity index (χ0n) is 8.76. The molecule has 0 saturated heterocycles. The van der Waals surface area contributed by atoms with Crippen molar-refractivity contribution < 1.29 is 8.42 Å². The molecule has 2 rings (SSSR count). The quantitative estimate of drug-likeness (QED) is 0.808. The molecule has 0 aliphatic carbocycles. The second kappa shape index (κ2) is 5.43. The van der Waals surface area contributed by atoms with E-state index in [0.717, 1.165) is 4.47 Å². The van der Waals surface area contributed by atoms with Gasteiger partial charge in [-0.2, -0.15) is 5.21 Å². The third-order valence-corrected chi connectivity index (χ3v) is 4.86. The molecule has 0 saturated carbocycles. The Labute approximate surface area is 120 Å². The van der Waals surface area contributed by atoms with Gasteiger partial charge in [-0.05, 0) is 34.1 Å². The lowest BCUT2D eigenvalue weighted by Gasteiger charge is -2.07. The highest BCUT2D eigenvalue weighted by Crippen LogP contribution is 2.25. The van der Waals surface area contributed by atoms with Crippen LogP contribution in [0, 0.1) is 0 Å². The molecule has 1 aromatic heterocycles. The molecule has 0 amide bonds. The van der Waals surface area contributed by atoms with Gasteiger partial charge in [0.2, 0.25) is 10.0 Å². The second-order valence-electron chi connectivity index (χ2n) is 3.23. The standard InChI is InChI=1S/C8H7Br2N5O2S/c9-5-1-2-7(6(10)3-5)18(16,17)11-4-8-12-14-15-13-8/h1-3,11H,4H2,(H,12,13,14,15). The number of nitrogens with one attached hydrogen (secondary N) is 2. The first-order valence-corrected chi connectivity index (χ1v) is 7.73. The molecule has 0 fully saturated rings. The lowest BCUT2D eigenvalue weighted by molar-refractivity contribution is 0.579. The predicted octanol–water partition coefficient (Wildman–Crippen LogP) is 1.20. The molecule has 1 aromatic carbocycles. The summed E-state index contributed by atoms with van der Waals surface area (Å²) in [6.07, 6.45) is 0. The van der Waals surface area contributed by atoms with Crippen molar-refractivity contribution in [1.29, 1.82) is 0 Å². The molecule has 7 nitrogen and oxygen atoms in total. The molecule has 18 heavy (non-hydrogen) atoms. The van der Waals surface area contributed by atoms with E-state index in [2.05, 4.69) is 57.2 Å². The van der Waals surface area contributed by atoms with Gasteiger partial charge in [0.1, 0.15) is 0 Å². The van der Waals surface area contributed by atoms with Crippen LogP contribution in [0.5, 0.6) is 0 Å². The lowest BCUT2D eigenvalue weighted by atomic mass is 10.4. The first kappa shape index (κ1) is 13.6. The van der Waals surface area contributed by atoms with E-state index >= 15 is 0 Å². The van der Waals surface area contributed by atoms with Crippen LogP contribution < -0.4 is 4.72 Å². The van der Waals surface area contributed by atoms with Gasteiger partial charge in [0.15, 0.2) is 5.82 Å². The fourth-order valence-corrected chi connectivity index (χ4v) is 3.91. The van der Waals surface area contributed by atoms with E-state index in [4.69, 9.17) is 0 Å². The Balaban J connectivity index is 2.20. The summed E-state index contributed by atoms with van der Waals surface area (Å²) in [6.45, 7) is -0.0265. The van der Waals surface area contributed by atoms with Crippen LogP contribution in [0.4, 0.5) is 0 Å². The molecule has 0 atom stereocenters. The Morgan fingerprint density at radius 2 is 2.11 bits per heavy atom. The zero-order chi connectivity index (χ0) is 13.2. The summed E-state index contributed by atoms with van der Waals surface area (Å²) in [5, 5.41) is 12.9. The van der Waals surface area contributed by atoms with Crippen molar-refractivity contribution in [3.8, 4) is 0 Å². The Kier molecular flexibility index (Phi) is 4.10. The van der Waals surface area contributed by atoms with Crippen LogP contribution >= 0.6 is 31.9 Å². The average molecular weight is 397 g/mol. The zero-order valence-corrected chi connectivity index (χ0v) is 12.7. The summed E-state index contributed by atoms with van der Waals surface area (Å²) in [7, 11) is -3.62. The van der Waals surface area contributed by atoms with Crippen LogP contribution in [-0.4, -0.2) is 29.0 Å². The maximum absolute atomic E-state index is 12.0. The number of H-pyrrole nitrogens is 1. The summed E-state index contributed by atoms with van der Waals surface area (Å²) >= 11 is 6.46. The monoisotopic (exact) mass is 395 g/mol. The molecule has 0 unspecified atom stereocenters. The first-order chi connectivity index (χ1) is 8.49. The van der Waals surface area contributed by atoms with Gasteiger partial charge in [-0.25, -0.2) is 13.1 Å². The van der Waals surface area contributed by atoms with Gasteiger partial charge >= 0.3 is 0 Å². The number of aromatic amines is 1. The van der Waals surface area contributed by atoms with E-state index in [0.29, 0.717) is 4.47 Å². The molecular weight excluding hydrogens is 390 g/mol. The molecule has 0 spiro atoms. The van der Waals surface area contributed by atoms with Gasteiger partial charge in [-0.1, -0.05) is 21.1 Å². The van der Waals surface area contributed by atoms with Crippen molar-refractivity contribution >= 4 is 41.9 Å². The number of rotatable bonds is 4. The number of nitrogens with zero attached hydrogens (tertiary/aromatic N) is 3. The Morgan fingerprint density at radius 3 is 2.72 bits per heavy atom. The van der Waals surface area contributed by atoms with Gasteiger partial charge in [0.25, 0.3) is 0 Å². The number of hydrogen-bond donors (Lipinski definition) is 2. The molecule has 0 radical (unpaired) electrons. The molecule has 0 aliphatic rings. The third kappa shape index (κ3) is 3.13. The van der Waals surface area contributed by atoms with Crippen LogP contribution in [0.1, 0.15) is 5.82 Å². The van der Waals surface area contributed by atoms with E-state index in [1.54, 1.807) is 12.1 Å². The molecule has 10 heteroatoms. The minimum atomic E-state index is -3.62. The van der Waals surface area contributed by atoms with Crippen LogP contribution in [0.3, 0.4) is 0 Å². The van der Waals surface area contributed by atoms with Crippen LogP contribution in [0.15, 0.2) is 32.0 Å². The van der Waals surface area contributed by atoms with Gasteiger partial charge < -0.3 is 0 Å². The minimum Gasteiger partial charge on any atom is -0.207 e. The number of benzene rings is 1. The number of sulfonamides is 1. The smallest absolute Gasteiger partial charge is 0.207 e. The van der Waals surface area contributed by atoms with Crippen molar-refractivity contribution in [2.45, 2.75) is 11.4 Å². The first-order valence-electron chi connectivity index (χ1n) is 4.66. The lowest BCUT2D eigenvalue weighted by Crippen LogP contribution is -2.24. The van der Waals surface area contributed by atoms with E-state index in [9.17, 15) is 8.42 Å². The average Bonchev–Trinajstić information content (AvgIpc) is 2.78. The van der Waals surface area contributed by atoms with Crippen molar-refractivity contribution in [3.63, 3.8) is 0 Å². The van der Waals surface area contributed by atoms with Gasteiger partial charge in [0, 0.05) is 8.95 Å². The van der Waals surface area contributed by atoms with E-state index in [1.165, 1.54) is 6.07 Å². The number of tetrazole rings is 1. The summed E-state index contributed by atoms with van der Waals surface area (Å²) in [5.41, 5.74) is 0. The Bertz CT molecular complexity index is 644. The fraction of sp³-hybridized carbons (Fsp3) is 0.125. The topological polar surface area (TPSA) is 101 Å². The Hall–Kier alpha value is -0.840. The maximum atomic E-state index is 12.0. The third-order valence-electron chi connectivity index (χ3n) is 1.99. The number of hydrogen-bond acceptors (Lipinski definition) is 5. The summed E-state index contributed by atoms with van der Waals surface area (Å²) < 4.78 is 27.7. The van der Waals surface area contributed by atoms with E-state index in [-0.39, 0.29) is 17.3 Å². The summed E-state index contributed by atoms with van der Waals surface area (Å²) in [5.74, 6) is 0.270. The highest BCUT2D eigenvalue weighted by molar-refractivity contribution is 9.11. The molecule has 2 N–H and O–H groups in total. The number of halogens is 2. The predicted molar refractivity (Wildman–Crippen MR) is 70.0 cm³/mol. The van der Waals surface area contributed by atoms with Crippen molar-refractivity contribution in [2.24, 2.45) is 0 Å². The van der Waals surface area contributed by atoms with E-state index in [1.807, 2.05) is 0 Å². The maximum Gasteiger partial charge on any atom is 0.242 e. The normalized spacial score (nSPS) is 11.7. The van der Waals surface area contributed by atoms with E-state index < -0.39 is 10.0 Å². The highest BCUT2D eigenvalue weighted by atomic mass is 79.9. The largest absolute Gasteiger partial charge is 0.242 e. The van der Waals surface area contributed by atoms with Gasteiger partial charge in [-0.3, -0.25) is 0 Å². The molecule has 0 aliphatic heterocycles. The van der Waals surface area contributed by atoms with Crippen molar-refractivity contribution in [1.82, 2.24) is 25.3 Å². The summed E-state index contributed by atoms with van der Waals surface area (Å²) in [4.78, 5) is 0.147. The van der Waals surface area contributed by atoms with Crippen LogP contribution in [-0.2, 0) is 16.6 Å². The van der Waals surface area contributed by atoms with Crippen LogP contribution in [0.25, 0.3) is 0 Å². The number of aromatic nitrogens is 4. The SMILES string of the molecule is O=S(=O)(NCc1nn[nH]n1)c1ccc(Br)cc1Br. The minimum absolute atomic E-state index is 0.0265. The molecule has 96 valence electrons. The molecule has 0 bridgehead atoms. The van der Waals surface area contributed by atoms with Crippen molar-refractivity contribution in [3.05, 3.63) is 33.0 Å². The molecule has 1 heterocycles. The molecular formula is C8H7Br2N5O2S. The Morgan fingerprint density at radius 1 is 1.33 bits per heavy atom.